The number of carbonyl (C=O) groups is 1. The number of nitrogens with zero attached hydrogens (tertiary/aromatic N) is 2. The summed E-state index contributed by atoms with van der Waals surface area (Å²) in [6.07, 6.45) is -2.63. The van der Waals surface area contributed by atoms with Crippen LogP contribution in [0.15, 0.2) is 5.38 Å². The molecule has 2 rings (SSSR count). The number of aryl methyl sites for hydroxylation is 1. The van der Waals surface area contributed by atoms with Crippen LogP contribution in [0.1, 0.15) is 29.5 Å². The molecule has 1 amide bonds. The Hall–Kier alpha value is -1.15. The van der Waals surface area contributed by atoms with Crippen LogP contribution < -0.4 is 0 Å². The van der Waals surface area contributed by atoms with E-state index in [1.165, 1.54) is 0 Å². The fraction of sp³-hybridized carbons (Fsp3) is 0.692. The molecule has 1 aliphatic heterocycles. The van der Waals surface area contributed by atoms with Crippen LogP contribution >= 0.6 is 11.3 Å². The second kappa shape index (κ2) is 6.74. The SMILES string of the molecule is Cc1csc(C2CCCN(C(=O)COCC(F)(F)F)C2)n1. The van der Waals surface area contributed by atoms with Gasteiger partial charge in [-0.15, -0.1) is 11.3 Å². The first-order valence-corrected chi connectivity index (χ1v) is 7.57. The van der Waals surface area contributed by atoms with Gasteiger partial charge in [0.05, 0.1) is 5.01 Å². The highest BCUT2D eigenvalue weighted by Gasteiger charge is 2.30. The first-order chi connectivity index (χ1) is 9.85. The van der Waals surface area contributed by atoms with Crippen molar-refractivity contribution in [2.75, 3.05) is 26.3 Å². The molecule has 0 spiro atoms. The van der Waals surface area contributed by atoms with Gasteiger partial charge in [0.15, 0.2) is 0 Å². The quantitative estimate of drug-likeness (QED) is 0.856. The highest BCUT2D eigenvalue weighted by Crippen LogP contribution is 2.29. The number of hydrogen-bond donors (Lipinski definition) is 0. The van der Waals surface area contributed by atoms with Gasteiger partial charge < -0.3 is 9.64 Å². The maximum absolute atomic E-state index is 12.0. The van der Waals surface area contributed by atoms with E-state index in [1.807, 2.05) is 12.3 Å². The number of piperidine rings is 1. The summed E-state index contributed by atoms with van der Waals surface area (Å²) < 4.78 is 40.4. The van der Waals surface area contributed by atoms with Crippen LogP contribution in [0.4, 0.5) is 13.2 Å². The number of carbonyl (C=O) groups excluding carboxylic acids is 1. The third-order valence-electron chi connectivity index (χ3n) is 3.25. The number of hydrogen-bond acceptors (Lipinski definition) is 4. The maximum Gasteiger partial charge on any atom is 0.411 e. The molecule has 0 N–H and O–H groups in total. The molecule has 1 aromatic rings. The maximum atomic E-state index is 12.0. The first-order valence-electron chi connectivity index (χ1n) is 6.69. The third-order valence-corrected chi connectivity index (χ3v) is 4.38. The van der Waals surface area contributed by atoms with E-state index in [1.54, 1.807) is 16.2 Å². The van der Waals surface area contributed by atoms with Crippen LogP contribution in [0.2, 0.25) is 0 Å². The van der Waals surface area contributed by atoms with Crippen molar-refractivity contribution in [2.24, 2.45) is 0 Å². The Morgan fingerprint density at radius 1 is 1.57 bits per heavy atom. The Morgan fingerprint density at radius 3 is 2.95 bits per heavy atom. The Bertz CT molecular complexity index is 490. The summed E-state index contributed by atoms with van der Waals surface area (Å²) in [5, 5.41) is 2.95. The summed E-state index contributed by atoms with van der Waals surface area (Å²) >= 11 is 1.56. The largest absolute Gasteiger partial charge is 0.411 e. The van der Waals surface area contributed by atoms with Crippen LogP contribution in [0.3, 0.4) is 0 Å². The van der Waals surface area contributed by atoms with Crippen molar-refractivity contribution >= 4 is 17.2 Å². The molecule has 1 atom stereocenters. The fourth-order valence-electron chi connectivity index (χ4n) is 2.31. The van der Waals surface area contributed by atoms with E-state index >= 15 is 0 Å². The van der Waals surface area contributed by atoms with Crippen molar-refractivity contribution in [3.63, 3.8) is 0 Å². The molecule has 0 saturated carbocycles. The molecule has 0 bridgehead atoms. The Morgan fingerprint density at radius 2 is 2.33 bits per heavy atom. The van der Waals surface area contributed by atoms with Gasteiger partial charge in [0, 0.05) is 30.1 Å². The van der Waals surface area contributed by atoms with Crippen molar-refractivity contribution < 1.29 is 22.7 Å². The van der Waals surface area contributed by atoms with E-state index in [9.17, 15) is 18.0 Å². The lowest BCUT2D eigenvalue weighted by Gasteiger charge is -2.31. The summed E-state index contributed by atoms with van der Waals surface area (Å²) in [6.45, 7) is 1.07. The highest BCUT2D eigenvalue weighted by atomic mass is 32.1. The first kappa shape index (κ1) is 16.2. The molecule has 0 aliphatic carbocycles. The van der Waals surface area contributed by atoms with Gasteiger partial charge in [0.25, 0.3) is 0 Å². The monoisotopic (exact) mass is 322 g/mol. The molecule has 1 aliphatic rings. The molecule has 8 heteroatoms. The average Bonchev–Trinajstić information content (AvgIpc) is 2.84. The van der Waals surface area contributed by atoms with Crippen LogP contribution in [0.5, 0.6) is 0 Å². The van der Waals surface area contributed by atoms with Crippen LogP contribution in [-0.2, 0) is 9.53 Å². The van der Waals surface area contributed by atoms with Crippen molar-refractivity contribution in [1.82, 2.24) is 9.88 Å². The molecular formula is C13H17F3N2O2S. The van der Waals surface area contributed by atoms with E-state index in [2.05, 4.69) is 9.72 Å². The Kier molecular flexibility index (Phi) is 5.21. The second-order valence-corrected chi connectivity index (χ2v) is 6.00. The highest BCUT2D eigenvalue weighted by molar-refractivity contribution is 7.09. The van der Waals surface area contributed by atoms with E-state index in [0.29, 0.717) is 13.1 Å². The van der Waals surface area contributed by atoms with E-state index in [0.717, 1.165) is 23.5 Å². The van der Waals surface area contributed by atoms with E-state index < -0.39 is 25.3 Å². The summed E-state index contributed by atoms with van der Waals surface area (Å²) in [7, 11) is 0. The van der Waals surface area contributed by atoms with E-state index in [-0.39, 0.29) is 5.92 Å². The molecular weight excluding hydrogens is 305 g/mol. The number of amides is 1. The van der Waals surface area contributed by atoms with Crippen molar-refractivity contribution in [1.29, 1.82) is 0 Å². The zero-order valence-corrected chi connectivity index (χ0v) is 12.5. The minimum Gasteiger partial charge on any atom is -0.362 e. The Labute approximate surface area is 124 Å². The summed E-state index contributed by atoms with van der Waals surface area (Å²) in [5.74, 6) is -0.221. The number of rotatable bonds is 4. The lowest BCUT2D eigenvalue weighted by Crippen LogP contribution is -2.41. The van der Waals surface area contributed by atoms with Gasteiger partial charge in [-0.1, -0.05) is 0 Å². The standard InChI is InChI=1S/C13H17F3N2O2S/c1-9-7-21-12(17-9)10-3-2-4-18(5-10)11(19)6-20-8-13(14,15)16/h7,10H,2-6,8H2,1H3. The summed E-state index contributed by atoms with van der Waals surface area (Å²) in [5.41, 5.74) is 0.951. The smallest absolute Gasteiger partial charge is 0.362 e. The van der Waals surface area contributed by atoms with Gasteiger partial charge in [-0.2, -0.15) is 13.2 Å². The van der Waals surface area contributed by atoms with E-state index in [4.69, 9.17) is 0 Å². The molecule has 0 aromatic carbocycles. The normalized spacial score (nSPS) is 19.8. The fourth-order valence-corrected chi connectivity index (χ4v) is 3.24. The number of ether oxygens (including phenoxy) is 1. The molecule has 1 fully saturated rings. The van der Waals surface area contributed by atoms with Gasteiger partial charge in [0.2, 0.25) is 5.91 Å². The van der Waals surface area contributed by atoms with Gasteiger partial charge in [-0.05, 0) is 19.8 Å². The predicted octanol–water partition coefficient (Wildman–Crippen LogP) is 2.74. The zero-order chi connectivity index (χ0) is 15.5. The average molecular weight is 322 g/mol. The number of thiazole rings is 1. The number of alkyl halides is 3. The second-order valence-electron chi connectivity index (χ2n) is 5.11. The van der Waals surface area contributed by atoms with Gasteiger partial charge >= 0.3 is 6.18 Å². The lowest BCUT2D eigenvalue weighted by molar-refractivity contribution is -0.178. The topological polar surface area (TPSA) is 42.4 Å². The van der Waals surface area contributed by atoms with Gasteiger partial charge in [0.1, 0.15) is 13.2 Å². The summed E-state index contributed by atoms with van der Waals surface area (Å²) in [4.78, 5) is 17.9. The number of likely N-dealkylation sites (tertiary alicyclic amines) is 1. The van der Waals surface area contributed by atoms with Crippen molar-refractivity contribution in [3.8, 4) is 0 Å². The van der Waals surface area contributed by atoms with Crippen LogP contribution in [-0.4, -0.2) is 48.3 Å². The Balaban J connectivity index is 1.84. The van der Waals surface area contributed by atoms with Gasteiger partial charge in [-0.3, -0.25) is 4.79 Å². The molecule has 1 saturated heterocycles. The van der Waals surface area contributed by atoms with Crippen LogP contribution in [0.25, 0.3) is 0 Å². The summed E-state index contributed by atoms with van der Waals surface area (Å²) in [6, 6.07) is 0. The van der Waals surface area contributed by atoms with Crippen LogP contribution in [0, 0.1) is 6.92 Å². The molecule has 1 aromatic heterocycles. The predicted molar refractivity (Wildman–Crippen MR) is 72.3 cm³/mol. The minimum atomic E-state index is -4.40. The molecule has 2 heterocycles. The third kappa shape index (κ3) is 4.96. The number of halogens is 3. The number of aromatic nitrogens is 1. The van der Waals surface area contributed by atoms with Gasteiger partial charge in [-0.25, -0.2) is 4.98 Å². The van der Waals surface area contributed by atoms with Crippen molar-refractivity contribution in [3.05, 3.63) is 16.1 Å². The minimum absolute atomic E-state index is 0.170. The lowest BCUT2D eigenvalue weighted by atomic mass is 9.99. The molecule has 1 unspecified atom stereocenters. The van der Waals surface area contributed by atoms with Crippen molar-refractivity contribution in [2.45, 2.75) is 31.9 Å². The molecule has 21 heavy (non-hydrogen) atoms. The molecule has 0 radical (unpaired) electrons. The molecule has 4 nitrogen and oxygen atoms in total. The molecule has 118 valence electrons. The zero-order valence-electron chi connectivity index (χ0n) is 11.7.